The summed E-state index contributed by atoms with van der Waals surface area (Å²) in [6, 6.07) is 22.8. The number of benzene rings is 3. The van der Waals surface area contributed by atoms with E-state index in [0.29, 0.717) is 0 Å². The lowest BCUT2D eigenvalue weighted by molar-refractivity contribution is -0.150. The highest BCUT2D eigenvalue weighted by Crippen LogP contribution is 2.44. The average molecular weight is 489 g/mol. The summed E-state index contributed by atoms with van der Waals surface area (Å²) in [6.45, 7) is 0.941. The number of carbonyl (C=O) groups is 3. The second kappa shape index (κ2) is 11.5. The molecule has 0 saturated carbocycles. The summed E-state index contributed by atoms with van der Waals surface area (Å²) < 4.78 is 10.6. The minimum Gasteiger partial charge on any atom is -0.459 e. The number of amides is 2. The van der Waals surface area contributed by atoms with Crippen LogP contribution in [0.5, 0.6) is 0 Å². The van der Waals surface area contributed by atoms with Crippen molar-refractivity contribution in [1.29, 1.82) is 0 Å². The standard InChI is InChI=1S/C28H28N2O6/c1-18(26(32)30-25(15-31)27(33)35-16-19-9-3-2-4-10-19)29-28(34)36-17-24-22-13-7-5-11-20(22)21-12-6-8-14-23(21)24/h2-14,18,24-25,31H,15-17H2,1H3,(H,29,34)(H,30,32)/t18?,25-/m0/s1. The van der Waals surface area contributed by atoms with Gasteiger partial charge in [0.1, 0.15) is 19.3 Å². The van der Waals surface area contributed by atoms with Crippen LogP contribution in [-0.4, -0.2) is 48.4 Å². The van der Waals surface area contributed by atoms with Crippen LogP contribution in [0.3, 0.4) is 0 Å². The minimum atomic E-state index is -1.26. The number of rotatable bonds is 9. The van der Waals surface area contributed by atoms with Crippen LogP contribution in [-0.2, 0) is 25.7 Å². The first-order valence-electron chi connectivity index (χ1n) is 11.7. The molecule has 1 unspecified atom stereocenters. The van der Waals surface area contributed by atoms with Crippen molar-refractivity contribution >= 4 is 18.0 Å². The second-order valence-corrected chi connectivity index (χ2v) is 8.53. The van der Waals surface area contributed by atoms with Crippen LogP contribution in [0.1, 0.15) is 29.5 Å². The van der Waals surface area contributed by atoms with Crippen molar-refractivity contribution in [2.45, 2.75) is 31.5 Å². The third-order valence-corrected chi connectivity index (χ3v) is 6.08. The third kappa shape index (κ3) is 5.72. The normalized spacial score (nSPS) is 13.6. The van der Waals surface area contributed by atoms with E-state index in [1.165, 1.54) is 6.92 Å². The molecule has 3 aromatic rings. The molecule has 3 aromatic carbocycles. The van der Waals surface area contributed by atoms with Crippen LogP contribution in [0.4, 0.5) is 4.79 Å². The molecule has 8 nitrogen and oxygen atoms in total. The van der Waals surface area contributed by atoms with Crippen molar-refractivity contribution in [3.63, 3.8) is 0 Å². The lowest BCUT2D eigenvalue weighted by Gasteiger charge is -2.20. The van der Waals surface area contributed by atoms with Gasteiger partial charge in [-0.3, -0.25) is 4.79 Å². The summed E-state index contributed by atoms with van der Waals surface area (Å²) in [5, 5.41) is 14.4. The summed E-state index contributed by atoms with van der Waals surface area (Å²) in [5.41, 5.74) is 5.17. The van der Waals surface area contributed by atoms with Crippen LogP contribution in [0, 0.1) is 0 Å². The highest BCUT2D eigenvalue weighted by atomic mass is 16.5. The van der Waals surface area contributed by atoms with E-state index in [1.54, 1.807) is 12.1 Å². The molecular formula is C28H28N2O6. The predicted molar refractivity (Wildman–Crippen MR) is 133 cm³/mol. The number of carbonyl (C=O) groups excluding carboxylic acids is 3. The molecule has 186 valence electrons. The van der Waals surface area contributed by atoms with Gasteiger partial charge in [-0.05, 0) is 34.7 Å². The monoisotopic (exact) mass is 488 g/mol. The zero-order valence-electron chi connectivity index (χ0n) is 19.8. The smallest absolute Gasteiger partial charge is 0.407 e. The maximum Gasteiger partial charge on any atom is 0.407 e. The molecule has 2 atom stereocenters. The zero-order valence-corrected chi connectivity index (χ0v) is 19.8. The molecule has 2 amide bonds. The molecule has 0 saturated heterocycles. The third-order valence-electron chi connectivity index (χ3n) is 6.08. The van der Waals surface area contributed by atoms with E-state index in [9.17, 15) is 19.5 Å². The topological polar surface area (TPSA) is 114 Å². The van der Waals surface area contributed by atoms with Crippen molar-refractivity contribution in [2.24, 2.45) is 0 Å². The van der Waals surface area contributed by atoms with Gasteiger partial charge in [0.2, 0.25) is 5.91 Å². The number of alkyl carbamates (subject to hydrolysis) is 1. The van der Waals surface area contributed by atoms with Crippen molar-refractivity contribution in [1.82, 2.24) is 10.6 Å². The van der Waals surface area contributed by atoms with Crippen molar-refractivity contribution < 1.29 is 29.0 Å². The Bertz CT molecular complexity index is 1180. The Labute approximate surface area is 209 Å². The molecule has 0 aliphatic heterocycles. The zero-order chi connectivity index (χ0) is 25.5. The van der Waals surface area contributed by atoms with Crippen LogP contribution >= 0.6 is 0 Å². The van der Waals surface area contributed by atoms with Gasteiger partial charge in [0.05, 0.1) is 6.61 Å². The number of ether oxygens (including phenoxy) is 2. The summed E-state index contributed by atoms with van der Waals surface area (Å²) in [6.07, 6.45) is -0.758. The molecule has 36 heavy (non-hydrogen) atoms. The van der Waals surface area contributed by atoms with Crippen LogP contribution in [0.2, 0.25) is 0 Å². The van der Waals surface area contributed by atoms with Crippen LogP contribution < -0.4 is 10.6 Å². The first-order valence-corrected chi connectivity index (χ1v) is 11.7. The van der Waals surface area contributed by atoms with E-state index in [0.717, 1.165) is 27.8 Å². The molecule has 0 fully saturated rings. The number of aliphatic hydroxyl groups excluding tert-OH is 1. The summed E-state index contributed by atoms with van der Waals surface area (Å²) in [5.74, 6) is -1.53. The number of nitrogens with one attached hydrogen (secondary N) is 2. The quantitative estimate of drug-likeness (QED) is 0.399. The summed E-state index contributed by atoms with van der Waals surface area (Å²) in [4.78, 5) is 37.2. The fourth-order valence-electron chi connectivity index (χ4n) is 4.19. The summed E-state index contributed by atoms with van der Waals surface area (Å²) in [7, 11) is 0. The van der Waals surface area contributed by atoms with Gasteiger partial charge in [-0.1, -0.05) is 78.9 Å². The van der Waals surface area contributed by atoms with Gasteiger partial charge in [0.25, 0.3) is 0 Å². The number of esters is 1. The lowest BCUT2D eigenvalue weighted by Crippen LogP contribution is -2.52. The van der Waals surface area contributed by atoms with Gasteiger partial charge in [0, 0.05) is 5.92 Å². The van der Waals surface area contributed by atoms with E-state index in [1.807, 2.05) is 66.7 Å². The van der Waals surface area contributed by atoms with Gasteiger partial charge in [-0.25, -0.2) is 9.59 Å². The largest absolute Gasteiger partial charge is 0.459 e. The van der Waals surface area contributed by atoms with E-state index in [2.05, 4.69) is 10.6 Å². The Morgan fingerprint density at radius 3 is 2.03 bits per heavy atom. The van der Waals surface area contributed by atoms with Crippen LogP contribution in [0.25, 0.3) is 11.1 Å². The van der Waals surface area contributed by atoms with Crippen molar-refractivity contribution in [2.75, 3.05) is 13.2 Å². The number of aliphatic hydroxyl groups is 1. The Balaban J connectivity index is 1.27. The first kappa shape index (κ1) is 24.9. The number of hydrogen-bond donors (Lipinski definition) is 3. The van der Waals surface area contributed by atoms with Crippen molar-refractivity contribution in [3.05, 3.63) is 95.6 Å². The van der Waals surface area contributed by atoms with E-state index in [-0.39, 0.29) is 19.1 Å². The molecular weight excluding hydrogens is 460 g/mol. The highest BCUT2D eigenvalue weighted by molar-refractivity contribution is 5.89. The number of hydrogen-bond acceptors (Lipinski definition) is 6. The Morgan fingerprint density at radius 2 is 1.42 bits per heavy atom. The number of fused-ring (bicyclic) bond motifs is 3. The fourth-order valence-corrected chi connectivity index (χ4v) is 4.19. The summed E-state index contributed by atoms with van der Waals surface area (Å²) >= 11 is 0. The predicted octanol–water partition coefficient (Wildman–Crippen LogP) is 3.13. The first-order chi connectivity index (χ1) is 17.5. The highest BCUT2D eigenvalue weighted by Gasteiger charge is 2.30. The Hall–Kier alpha value is -4.17. The Morgan fingerprint density at radius 1 is 0.833 bits per heavy atom. The minimum absolute atomic E-state index is 0.0135. The average Bonchev–Trinajstić information content (AvgIpc) is 3.23. The molecule has 0 heterocycles. The van der Waals surface area contributed by atoms with Gasteiger partial charge < -0.3 is 25.2 Å². The molecule has 8 heteroatoms. The van der Waals surface area contributed by atoms with Crippen LogP contribution in [0.15, 0.2) is 78.9 Å². The molecule has 1 aliphatic rings. The van der Waals surface area contributed by atoms with Gasteiger partial charge in [-0.15, -0.1) is 0 Å². The lowest BCUT2D eigenvalue weighted by atomic mass is 9.98. The van der Waals surface area contributed by atoms with E-state index >= 15 is 0 Å². The van der Waals surface area contributed by atoms with E-state index < -0.39 is 36.7 Å². The van der Waals surface area contributed by atoms with Gasteiger partial charge in [0.15, 0.2) is 6.04 Å². The van der Waals surface area contributed by atoms with Gasteiger partial charge >= 0.3 is 12.1 Å². The molecule has 3 N–H and O–H groups in total. The van der Waals surface area contributed by atoms with E-state index in [4.69, 9.17) is 9.47 Å². The maximum absolute atomic E-state index is 12.5. The molecule has 4 rings (SSSR count). The van der Waals surface area contributed by atoms with Gasteiger partial charge in [-0.2, -0.15) is 0 Å². The fraction of sp³-hybridized carbons (Fsp3) is 0.250. The molecule has 0 spiro atoms. The maximum atomic E-state index is 12.5. The molecule has 0 bridgehead atoms. The Kier molecular flexibility index (Phi) is 7.97. The SMILES string of the molecule is CC(NC(=O)OCC1c2ccccc2-c2ccccc21)C(=O)N[C@@H](CO)C(=O)OCc1ccccc1. The molecule has 1 aliphatic carbocycles. The second-order valence-electron chi connectivity index (χ2n) is 8.53. The molecule has 0 radical (unpaired) electrons. The van der Waals surface area contributed by atoms with Crippen molar-refractivity contribution in [3.8, 4) is 11.1 Å². The molecule has 0 aromatic heterocycles.